The minimum atomic E-state index is -3.20. The van der Waals surface area contributed by atoms with Crippen LogP contribution in [0.25, 0.3) is 0 Å². The van der Waals surface area contributed by atoms with Gasteiger partial charge in [-0.3, -0.25) is 29.2 Å². The molecule has 1 saturated heterocycles. The quantitative estimate of drug-likeness (QED) is 0.389. The molecule has 3 amide bonds. The van der Waals surface area contributed by atoms with E-state index in [1.807, 2.05) is 6.07 Å². The van der Waals surface area contributed by atoms with E-state index in [1.54, 1.807) is 12.1 Å². The maximum atomic E-state index is 14.5. The maximum Gasteiger partial charge on any atom is 0.268 e. The largest absolute Gasteiger partial charge is 0.349 e. The molecule has 5 rings (SSSR count). The van der Waals surface area contributed by atoms with Gasteiger partial charge in [0, 0.05) is 35.7 Å². The number of amides is 3. The second-order valence-corrected chi connectivity index (χ2v) is 10.7. The van der Waals surface area contributed by atoms with Crippen LogP contribution in [0.5, 0.6) is 0 Å². The molecule has 3 unspecified atom stereocenters. The van der Waals surface area contributed by atoms with Crippen LogP contribution < -0.4 is 15.1 Å². The Morgan fingerprint density at radius 1 is 1.21 bits per heavy atom. The summed E-state index contributed by atoms with van der Waals surface area (Å²) >= 11 is 12.3. The van der Waals surface area contributed by atoms with Gasteiger partial charge in [-0.15, -0.1) is 11.6 Å². The molecule has 1 aromatic carbocycles. The molecule has 1 N–H and O–H groups in total. The number of hydrogen-bond acceptors (Lipinski definition) is 6. The van der Waals surface area contributed by atoms with Crippen molar-refractivity contribution >= 4 is 52.4 Å². The van der Waals surface area contributed by atoms with Crippen LogP contribution in [0.4, 0.5) is 24.7 Å². The van der Waals surface area contributed by atoms with Gasteiger partial charge in [0.25, 0.3) is 11.8 Å². The third-order valence-electron chi connectivity index (χ3n) is 7.11. The molecule has 0 radical (unpaired) electrons. The Labute approximate surface area is 247 Å². The van der Waals surface area contributed by atoms with Crippen molar-refractivity contribution in [3.8, 4) is 6.07 Å². The van der Waals surface area contributed by atoms with Crippen LogP contribution >= 0.6 is 23.2 Å². The van der Waals surface area contributed by atoms with E-state index in [2.05, 4.69) is 15.3 Å². The van der Waals surface area contributed by atoms with Gasteiger partial charge >= 0.3 is 0 Å². The fraction of sp³-hybridized carbons (Fsp3) is 0.286. The number of nitrogens with zero attached hydrogens (tertiary/aromatic N) is 5. The second kappa shape index (κ2) is 11.6. The summed E-state index contributed by atoms with van der Waals surface area (Å²) in [6.45, 7) is 0. The standard InChI is InChI=1S/C28H21Cl2F3N6O3/c29-19-4-2-1-3-18(19)24(26(41)37-20-11-28(32,33)25(20)30)38(17-10-16(31)13-35-14-17)27(42)21-5-6-23(40)39(21)22-9-15(12-34)7-8-36-22/h1-4,7-10,13-14,20-21,24-25H,5-6,11H2,(H,37,41)/t20?,21-,24?,25?/m0/s1. The zero-order valence-corrected chi connectivity index (χ0v) is 23.1. The lowest BCUT2D eigenvalue weighted by molar-refractivity contribution is -0.132. The summed E-state index contributed by atoms with van der Waals surface area (Å²) in [5.41, 5.74) is 0.143. The van der Waals surface area contributed by atoms with Crippen LogP contribution in [0.1, 0.15) is 36.4 Å². The highest BCUT2D eigenvalue weighted by molar-refractivity contribution is 6.32. The van der Waals surface area contributed by atoms with E-state index in [0.717, 1.165) is 28.3 Å². The highest BCUT2D eigenvalue weighted by Crippen LogP contribution is 2.43. The molecular formula is C28H21Cl2F3N6O3. The first kappa shape index (κ1) is 29.3. The number of hydrogen-bond donors (Lipinski definition) is 1. The third-order valence-corrected chi connectivity index (χ3v) is 8.07. The smallest absolute Gasteiger partial charge is 0.268 e. The van der Waals surface area contributed by atoms with E-state index < -0.39 is 59.4 Å². The summed E-state index contributed by atoms with van der Waals surface area (Å²) in [4.78, 5) is 51.3. The molecule has 2 aliphatic rings. The zero-order chi connectivity index (χ0) is 30.2. The zero-order valence-electron chi connectivity index (χ0n) is 21.6. The molecule has 2 aromatic heterocycles. The van der Waals surface area contributed by atoms with Crippen LogP contribution in [0, 0.1) is 17.1 Å². The minimum absolute atomic E-state index is 0.00480. The third kappa shape index (κ3) is 5.49. The van der Waals surface area contributed by atoms with Crippen molar-refractivity contribution in [3.63, 3.8) is 0 Å². The molecule has 4 atom stereocenters. The van der Waals surface area contributed by atoms with Crippen molar-refractivity contribution in [3.05, 3.63) is 83.0 Å². The molecule has 216 valence electrons. The Balaban J connectivity index is 1.61. The van der Waals surface area contributed by atoms with Crippen molar-refractivity contribution in [1.29, 1.82) is 5.26 Å². The minimum Gasteiger partial charge on any atom is -0.349 e. The molecule has 14 heteroatoms. The molecule has 9 nitrogen and oxygen atoms in total. The fourth-order valence-corrected chi connectivity index (χ4v) is 5.52. The van der Waals surface area contributed by atoms with Gasteiger partial charge in [-0.2, -0.15) is 5.26 Å². The Hall–Kier alpha value is -4.21. The molecular weight excluding hydrogens is 596 g/mol. The number of carbonyl (C=O) groups excluding carboxylic acids is 3. The van der Waals surface area contributed by atoms with Gasteiger partial charge in [-0.25, -0.2) is 18.2 Å². The number of anilines is 2. The van der Waals surface area contributed by atoms with Crippen LogP contribution in [0.3, 0.4) is 0 Å². The number of carbonyl (C=O) groups is 3. The van der Waals surface area contributed by atoms with Crippen molar-refractivity contribution < 1.29 is 27.6 Å². The molecule has 0 bridgehead atoms. The summed E-state index contributed by atoms with van der Waals surface area (Å²) in [5.74, 6) is -6.19. The SMILES string of the molecule is N#Cc1ccnc(N2C(=O)CC[C@H]2C(=O)N(c2cncc(F)c2)C(C(=O)NC2CC(F)(F)C2Cl)c2ccccc2Cl)c1. The molecule has 1 aliphatic carbocycles. The Bertz CT molecular complexity index is 1600. The molecule has 2 fully saturated rings. The molecule has 42 heavy (non-hydrogen) atoms. The number of alkyl halides is 3. The highest BCUT2D eigenvalue weighted by Gasteiger charge is 2.56. The van der Waals surface area contributed by atoms with Gasteiger partial charge in [0.1, 0.15) is 29.1 Å². The predicted octanol–water partition coefficient (Wildman–Crippen LogP) is 4.54. The van der Waals surface area contributed by atoms with E-state index in [-0.39, 0.29) is 40.5 Å². The average molecular weight is 617 g/mol. The van der Waals surface area contributed by atoms with Gasteiger partial charge in [-0.1, -0.05) is 29.8 Å². The summed E-state index contributed by atoms with van der Waals surface area (Å²) in [7, 11) is 0. The van der Waals surface area contributed by atoms with Gasteiger partial charge in [0.2, 0.25) is 11.8 Å². The maximum absolute atomic E-state index is 14.5. The fourth-order valence-electron chi connectivity index (χ4n) is 5.04. The van der Waals surface area contributed by atoms with E-state index in [4.69, 9.17) is 23.2 Å². The Morgan fingerprint density at radius 2 is 1.98 bits per heavy atom. The number of nitrogens with one attached hydrogen (secondary N) is 1. The normalized spacial score (nSPS) is 21.7. The van der Waals surface area contributed by atoms with Gasteiger partial charge < -0.3 is 5.32 Å². The lowest BCUT2D eigenvalue weighted by atomic mass is 9.87. The average Bonchev–Trinajstić information content (AvgIpc) is 3.36. The van der Waals surface area contributed by atoms with Crippen molar-refractivity contribution in [1.82, 2.24) is 15.3 Å². The van der Waals surface area contributed by atoms with Gasteiger partial charge in [0.05, 0.1) is 35.8 Å². The molecule has 3 aromatic rings. The molecule has 3 heterocycles. The van der Waals surface area contributed by atoms with E-state index in [1.165, 1.54) is 30.5 Å². The van der Waals surface area contributed by atoms with Crippen LogP contribution in [-0.2, 0) is 14.4 Å². The molecule has 1 saturated carbocycles. The lowest BCUT2D eigenvalue weighted by Crippen LogP contribution is -2.62. The first-order valence-corrected chi connectivity index (χ1v) is 13.5. The second-order valence-electron chi connectivity index (χ2n) is 9.81. The summed E-state index contributed by atoms with van der Waals surface area (Å²) in [5, 5.41) is 10.2. The van der Waals surface area contributed by atoms with Gasteiger partial charge in [-0.05, 0) is 24.6 Å². The Morgan fingerprint density at radius 3 is 2.64 bits per heavy atom. The monoisotopic (exact) mass is 616 g/mol. The van der Waals surface area contributed by atoms with Crippen molar-refractivity contribution in [2.45, 2.75) is 48.7 Å². The number of pyridine rings is 2. The van der Waals surface area contributed by atoms with E-state index >= 15 is 0 Å². The molecule has 1 aliphatic heterocycles. The van der Waals surface area contributed by atoms with E-state index in [0.29, 0.717) is 0 Å². The summed E-state index contributed by atoms with van der Waals surface area (Å²) in [6.07, 6.45) is 2.59. The predicted molar refractivity (Wildman–Crippen MR) is 146 cm³/mol. The van der Waals surface area contributed by atoms with E-state index in [9.17, 15) is 32.8 Å². The van der Waals surface area contributed by atoms with Gasteiger partial charge in [0.15, 0.2) is 0 Å². The highest BCUT2D eigenvalue weighted by atomic mass is 35.5. The number of rotatable bonds is 7. The molecule has 0 spiro atoms. The van der Waals surface area contributed by atoms with Crippen molar-refractivity contribution in [2.24, 2.45) is 0 Å². The number of benzene rings is 1. The van der Waals surface area contributed by atoms with Crippen LogP contribution in [0.15, 0.2) is 61.1 Å². The van der Waals surface area contributed by atoms with Crippen molar-refractivity contribution in [2.75, 3.05) is 9.80 Å². The Kier molecular flexibility index (Phi) is 8.08. The number of aromatic nitrogens is 2. The summed E-state index contributed by atoms with van der Waals surface area (Å²) < 4.78 is 42.1. The van der Waals surface area contributed by atoms with Crippen LogP contribution in [-0.4, -0.2) is 51.1 Å². The first-order valence-electron chi connectivity index (χ1n) is 12.7. The topological polar surface area (TPSA) is 119 Å². The van der Waals surface area contributed by atoms with Crippen LogP contribution in [0.2, 0.25) is 5.02 Å². The number of halogens is 5. The lowest BCUT2D eigenvalue weighted by Gasteiger charge is -2.42. The summed E-state index contributed by atoms with van der Waals surface area (Å²) in [6, 6.07) is 7.80. The first-order chi connectivity index (χ1) is 20.0. The number of nitriles is 1.